The second-order valence-electron chi connectivity index (χ2n) is 8.86. The van der Waals surface area contributed by atoms with Crippen molar-refractivity contribution in [3.05, 3.63) is 88.6 Å². The number of carbonyl (C=O) groups excluding carboxylic acids is 1. The molecule has 0 spiro atoms. The molecule has 4 heteroatoms. The minimum Gasteiger partial charge on any atom is -0.295 e. The molecule has 2 aromatic carbocycles. The molecule has 1 saturated heterocycles. The molecule has 4 nitrogen and oxygen atoms in total. The van der Waals surface area contributed by atoms with E-state index >= 15 is 0 Å². The Morgan fingerprint density at radius 2 is 1.61 bits per heavy atom. The first-order valence-electron chi connectivity index (χ1n) is 11.6. The maximum atomic E-state index is 13.5. The fourth-order valence-corrected chi connectivity index (χ4v) is 5.16. The van der Waals surface area contributed by atoms with Crippen LogP contribution in [0.15, 0.2) is 77.5 Å². The van der Waals surface area contributed by atoms with E-state index < -0.39 is 0 Å². The number of piperidine rings is 1. The maximum Gasteiger partial charge on any atom is 0.255 e. The minimum atomic E-state index is -0.0204. The molecular weight excluding hydrogens is 382 g/mol. The summed E-state index contributed by atoms with van der Waals surface area (Å²) in [5.41, 5.74) is 9.79. The molecule has 0 aromatic heterocycles. The molecule has 0 bridgehead atoms. The summed E-state index contributed by atoms with van der Waals surface area (Å²) in [7, 11) is 0. The summed E-state index contributed by atoms with van der Waals surface area (Å²) in [4.78, 5) is 15.8. The summed E-state index contributed by atoms with van der Waals surface area (Å²) in [5, 5.41) is 1.92. The number of carbonyl (C=O) groups is 1. The van der Waals surface area contributed by atoms with E-state index in [1.54, 1.807) is 0 Å². The van der Waals surface area contributed by atoms with E-state index in [1.807, 2.05) is 17.1 Å². The molecule has 1 atom stereocenters. The Morgan fingerprint density at radius 3 is 2.35 bits per heavy atom. The normalized spacial score (nSPS) is 23.0. The van der Waals surface area contributed by atoms with Gasteiger partial charge in [0.15, 0.2) is 0 Å². The molecule has 2 aliphatic heterocycles. The zero-order valence-corrected chi connectivity index (χ0v) is 18.1. The van der Waals surface area contributed by atoms with Gasteiger partial charge in [-0.15, -0.1) is 0 Å². The number of nitrogens with zero attached hydrogens (tertiary/aromatic N) is 2. The Morgan fingerprint density at radius 1 is 0.903 bits per heavy atom. The van der Waals surface area contributed by atoms with Crippen LogP contribution in [0.4, 0.5) is 0 Å². The number of benzene rings is 2. The Bertz CT molecular complexity index is 974. The van der Waals surface area contributed by atoms with Crippen molar-refractivity contribution in [1.29, 1.82) is 0 Å². The lowest BCUT2D eigenvalue weighted by Crippen LogP contribution is -2.46. The number of amides is 1. The van der Waals surface area contributed by atoms with Crippen LogP contribution in [0, 0.1) is 0 Å². The molecule has 0 unspecified atom stereocenters. The maximum absolute atomic E-state index is 13.5. The van der Waals surface area contributed by atoms with Crippen LogP contribution in [-0.2, 0) is 4.79 Å². The molecule has 31 heavy (non-hydrogen) atoms. The molecule has 3 aliphatic rings. The summed E-state index contributed by atoms with van der Waals surface area (Å²) in [6.07, 6.45) is 9.14. The fourth-order valence-electron chi connectivity index (χ4n) is 5.16. The lowest BCUT2D eigenvalue weighted by molar-refractivity contribution is -0.136. The zero-order valence-electron chi connectivity index (χ0n) is 18.1. The van der Waals surface area contributed by atoms with Gasteiger partial charge >= 0.3 is 0 Å². The highest BCUT2D eigenvalue weighted by Crippen LogP contribution is 2.43. The highest BCUT2D eigenvalue weighted by atomic mass is 16.2. The summed E-state index contributed by atoms with van der Waals surface area (Å²) < 4.78 is 0. The van der Waals surface area contributed by atoms with E-state index in [4.69, 9.17) is 0 Å². The third kappa shape index (κ3) is 4.31. The third-order valence-electron chi connectivity index (χ3n) is 6.69. The van der Waals surface area contributed by atoms with E-state index in [0.29, 0.717) is 6.54 Å². The smallest absolute Gasteiger partial charge is 0.255 e. The first kappa shape index (κ1) is 20.1. The molecule has 5 rings (SSSR count). The van der Waals surface area contributed by atoms with Gasteiger partial charge in [-0.05, 0) is 73.5 Å². The first-order valence-corrected chi connectivity index (χ1v) is 11.6. The van der Waals surface area contributed by atoms with Crippen molar-refractivity contribution in [2.24, 2.45) is 0 Å². The predicted molar refractivity (Wildman–Crippen MR) is 125 cm³/mol. The standard InChI is InChI=1S/C27H31N3O/c31-25(20-29-17-8-3-9-18-29)30-27(22-13-6-2-7-14-22)24-16-10-15-23(26(24)28-30)19-21-11-4-1-5-12-21/h1-2,4-7,11-14,19,27-28H,3,8-10,15-18,20H2/b23-19+/t27-/m0/s1. The number of hydrogen-bond donors (Lipinski definition) is 1. The van der Waals surface area contributed by atoms with E-state index in [-0.39, 0.29) is 11.9 Å². The van der Waals surface area contributed by atoms with E-state index in [1.165, 1.54) is 41.5 Å². The lowest BCUT2D eigenvalue weighted by Gasteiger charge is -2.31. The van der Waals surface area contributed by atoms with Crippen molar-refractivity contribution in [3.8, 4) is 0 Å². The zero-order chi connectivity index (χ0) is 21.0. The Kier molecular flexibility index (Phi) is 5.90. The van der Waals surface area contributed by atoms with Crippen LogP contribution in [0.1, 0.15) is 55.7 Å². The minimum absolute atomic E-state index is 0.0204. The molecule has 1 fully saturated rings. The molecule has 2 aromatic rings. The molecule has 1 N–H and O–H groups in total. The molecular formula is C27H31N3O. The highest BCUT2D eigenvalue weighted by molar-refractivity contribution is 5.80. The van der Waals surface area contributed by atoms with Crippen LogP contribution in [0.2, 0.25) is 0 Å². The van der Waals surface area contributed by atoms with Crippen LogP contribution in [0.25, 0.3) is 6.08 Å². The quantitative estimate of drug-likeness (QED) is 0.759. The summed E-state index contributed by atoms with van der Waals surface area (Å²) >= 11 is 0. The van der Waals surface area contributed by atoms with Crippen molar-refractivity contribution in [1.82, 2.24) is 15.3 Å². The highest BCUT2D eigenvalue weighted by Gasteiger charge is 2.39. The van der Waals surface area contributed by atoms with E-state index in [2.05, 4.69) is 64.9 Å². The number of hydrogen-bond acceptors (Lipinski definition) is 3. The van der Waals surface area contributed by atoms with Crippen LogP contribution in [0.3, 0.4) is 0 Å². The molecule has 160 valence electrons. The fraction of sp³-hybridized carbons (Fsp3) is 0.370. The number of rotatable bonds is 4. The number of likely N-dealkylation sites (tertiary alicyclic amines) is 1. The molecule has 1 aliphatic carbocycles. The van der Waals surface area contributed by atoms with Crippen molar-refractivity contribution in [2.75, 3.05) is 19.6 Å². The van der Waals surface area contributed by atoms with Crippen LogP contribution >= 0.6 is 0 Å². The Balaban J connectivity index is 1.47. The van der Waals surface area contributed by atoms with Crippen LogP contribution < -0.4 is 5.43 Å². The van der Waals surface area contributed by atoms with Gasteiger partial charge in [0.25, 0.3) is 5.91 Å². The van der Waals surface area contributed by atoms with E-state index in [9.17, 15) is 4.79 Å². The van der Waals surface area contributed by atoms with Gasteiger partial charge in [0.05, 0.1) is 12.2 Å². The summed E-state index contributed by atoms with van der Waals surface area (Å²) in [6.45, 7) is 2.55. The predicted octanol–water partition coefficient (Wildman–Crippen LogP) is 5.08. The number of nitrogens with one attached hydrogen (secondary N) is 1. The van der Waals surface area contributed by atoms with Crippen LogP contribution in [-0.4, -0.2) is 35.5 Å². The Hall–Kier alpha value is -2.85. The monoisotopic (exact) mass is 413 g/mol. The van der Waals surface area contributed by atoms with Crippen molar-refractivity contribution in [2.45, 2.75) is 44.6 Å². The van der Waals surface area contributed by atoms with Gasteiger partial charge in [-0.25, -0.2) is 5.01 Å². The first-order chi connectivity index (χ1) is 15.3. The van der Waals surface area contributed by atoms with Gasteiger partial charge in [-0.2, -0.15) is 0 Å². The Labute approximate surface area is 185 Å². The van der Waals surface area contributed by atoms with Gasteiger partial charge in [0.2, 0.25) is 0 Å². The summed E-state index contributed by atoms with van der Waals surface area (Å²) in [6, 6.07) is 21.0. The molecule has 0 saturated carbocycles. The number of allylic oxidation sites excluding steroid dienone is 1. The third-order valence-corrected chi connectivity index (χ3v) is 6.69. The molecule has 2 heterocycles. The van der Waals surface area contributed by atoms with Crippen molar-refractivity contribution in [3.63, 3.8) is 0 Å². The average molecular weight is 414 g/mol. The van der Waals surface area contributed by atoms with Gasteiger partial charge < -0.3 is 0 Å². The second-order valence-corrected chi connectivity index (χ2v) is 8.86. The summed E-state index contributed by atoms with van der Waals surface area (Å²) in [5.74, 6) is 0.171. The van der Waals surface area contributed by atoms with Crippen LogP contribution in [0.5, 0.6) is 0 Å². The van der Waals surface area contributed by atoms with Gasteiger partial charge in [0, 0.05) is 0 Å². The molecule has 0 radical (unpaired) electrons. The topological polar surface area (TPSA) is 35.6 Å². The van der Waals surface area contributed by atoms with Crippen molar-refractivity contribution < 1.29 is 4.79 Å². The second kappa shape index (κ2) is 9.11. The van der Waals surface area contributed by atoms with Gasteiger partial charge in [-0.1, -0.05) is 67.1 Å². The van der Waals surface area contributed by atoms with Gasteiger partial charge in [0.1, 0.15) is 6.04 Å². The van der Waals surface area contributed by atoms with Gasteiger partial charge in [-0.3, -0.25) is 15.1 Å². The largest absolute Gasteiger partial charge is 0.295 e. The lowest BCUT2D eigenvalue weighted by atomic mass is 9.86. The SMILES string of the molecule is O=C(CN1CCCCC1)N1NC2=C(CCC/C2=C\c2ccccc2)[C@@H]1c1ccccc1. The van der Waals surface area contributed by atoms with Crippen molar-refractivity contribution >= 4 is 12.0 Å². The average Bonchev–Trinajstić information content (AvgIpc) is 3.22. The molecule has 1 amide bonds. The number of hydrazine groups is 1. The van der Waals surface area contributed by atoms with E-state index in [0.717, 1.165) is 38.0 Å².